The highest BCUT2D eigenvalue weighted by Gasteiger charge is 2.21. The normalized spacial score (nSPS) is 10.9. The van der Waals surface area contributed by atoms with E-state index in [1.165, 1.54) is 18.4 Å². The summed E-state index contributed by atoms with van der Waals surface area (Å²) in [5.41, 5.74) is 2.96. The lowest BCUT2D eigenvalue weighted by atomic mass is 10.1. The van der Waals surface area contributed by atoms with Crippen LogP contribution in [0.2, 0.25) is 0 Å². The number of Topliss-reactive ketones (excluding diaryl/α,β-unsaturated/α-hetero) is 1. The van der Waals surface area contributed by atoms with Crippen molar-refractivity contribution in [2.45, 2.75) is 33.7 Å². The number of fused-ring (bicyclic) bond motifs is 1. The van der Waals surface area contributed by atoms with Crippen LogP contribution in [0.15, 0.2) is 30.3 Å². The molecule has 0 N–H and O–H groups in total. The quantitative estimate of drug-likeness (QED) is 0.428. The van der Waals surface area contributed by atoms with Gasteiger partial charge in [-0.25, -0.2) is 4.79 Å². The van der Waals surface area contributed by atoms with Gasteiger partial charge in [-0.15, -0.1) is 11.3 Å². The molecule has 0 aliphatic heterocycles. The number of hydrogen-bond acceptors (Lipinski definition) is 6. The summed E-state index contributed by atoms with van der Waals surface area (Å²) in [7, 11) is 1.35. The molecule has 0 bridgehead atoms. The lowest BCUT2D eigenvalue weighted by molar-refractivity contribution is -0.140. The van der Waals surface area contributed by atoms with E-state index >= 15 is 0 Å². The van der Waals surface area contributed by atoms with Gasteiger partial charge in [0.25, 0.3) is 0 Å². The molecular weight excluding hydrogens is 390 g/mol. The number of hydrogen-bond donors (Lipinski definition) is 0. The van der Waals surface area contributed by atoms with E-state index in [4.69, 9.17) is 4.74 Å². The second kappa shape index (κ2) is 8.61. The van der Waals surface area contributed by atoms with E-state index in [9.17, 15) is 14.4 Å². The first-order valence-electron chi connectivity index (χ1n) is 9.25. The molecule has 6 nitrogen and oxygen atoms in total. The molecule has 152 valence electrons. The van der Waals surface area contributed by atoms with Crippen molar-refractivity contribution in [2.24, 2.45) is 0 Å². The maximum Gasteiger partial charge on any atom is 0.349 e. The van der Waals surface area contributed by atoms with Crippen LogP contribution in [0.1, 0.15) is 43.4 Å². The number of thiophene rings is 1. The van der Waals surface area contributed by atoms with E-state index in [-0.39, 0.29) is 24.8 Å². The molecule has 0 aliphatic rings. The third-order valence-electron chi connectivity index (χ3n) is 5.00. The minimum atomic E-state index is -0.489. The Balaban J connectivity index is 1.69. The minimum absolute atomic E-state index is 0.223. The van der Waals surface area contributed by atoms with Gasteiger partial charge < -0.3 is 14.0 Å². The van der Waals surface area contributed by atoms with Crippen LogP contribution < -0.4 is 0 Å². The van der Waals surface area contributed by atoms with Crippen LogP contribution in [0, 0.1) is 20.8 Å². The molecule has 0 aliphatic carbocycles. The fourth-order valence-electron chi connectivity index (χ4n) is 3.38. The summed E-state index contributed by atoms with van der Waals surface area (Å²) in [4.78, 5) is 37.1. The largest absolute Gasteiger partial charge is 0.469 e. The Morgan fingerprint density at radius 2 is 1.83 bits per heavy atom. The van der Waals surface area contributed by atoms with Crippen LogP contribution in [0.4, 0.5) is 0 Å². The topological polar surface area (TPSA) is 74.6 Å². The lowest BCUT2D eigenvalue weighted by Crippen LogP contribution is -2.15. The molecule has 29 heavy (non-hydrogen) atoms. The van der Waals surface area contributed by atoms with E-state index in [1.807, 2.05) is 49.6 Å². The fraction of sp³-hybridized carbons (Fsp3) is 0.318. The minimum Gasteiger partial charge on any atom is -0.469 e. The van der Waals surface area contributed by atoms with Gasteiger partial charge in [-0.2, -0.15) is 0 Å². The van der Waals surface area contributed by atoms with Crippen molar-refractivity contribution in [2.75, 3.05) is 13.7 Å². The Bertz CT molecular complexity index is 1090. The van der Waals surface area contributed by atoms with Crippen LogP contribution in [-0.4, -0.2) is 36.0 Å². The molecule has 1 aromatic carbocycles. The first-order valence-corrected chi connectivity index (χ1v) is 10.1. The molecular formula is C22H23NO5S. The molecule has 2 aromatic heterocycles. The lowest BCUT2D eigenvalue weighted by Gasteiger charge is -2.09. The van der Waals surface area contributed by atoms with Gasteiger partial charge >= 0.3 is 11.9 Å². The molecule has 2 heterocycles. The van der Waals surface area contributed by atoms with Crippen LogP contribution in [0.25, 0.3) is 10.1 Å². The maximum atomic E-state index is 12.6. The van der Waals surface area contributed by atoms with Gasteiger partial charge in [-0.05, 0) is 43.9 Å². The van der Waals surface area contributed by atoms with Gasteiger partial charge in [0.1, 0.15) is 4.88 Å². The van der Waals surface area contributed by atoms with Gasteiger partial charge in [-0.3, -0.25) is 9.59 Å². The van der Waals surface area contributed by atoms with Crippen LogP contribution >= 0.6 is 11.3 Å². The molecule has 7 heteroatoms. The number of aromatic nitrogens is 1. The number of benzene rings is 1. The van der Waals surface area contributed by atoms with E-state index in [1.54, 1.807) is 6.07 Å². The molecule has 3 aromatic rings. The predicted octanol–water partition coefficient (Wildman–Crippen LogP) is 4.23. The standard InChI is InChI=1S/C22H23NO5S/c1-13-11-17(15(3)23(13)10-9-20(25)27-4)18(24)12-28-22(26)21-14(2)16-7-5-6-8-19(16)29-21/h5-8,11H,9-10,12H2,1-4H3. The van der Waals surface area contributed by atoms with Crippen molar-refractivity contribution in [3.05, 3.63) is 57.7 Å². The van der Waals surface area contributed by atoms with Crippen LogP contribution in [0.5, 0.6) is 0 Å². The second-order valence-electron chi connectivity index (χ2n) is 6.81. The zero-order valence-corrected chi connectivity index (χ0v) is 17.7. The fourth-order valence-corrected chi connectivity index (χ4v) is 4.48. The molecule has 0 atom stereocenters. The number of nitrogens with zero attached hydrogens (tertiary/aromatic N) is 1. The van der Waals surface area contributed by atoms with Crippen molar-refractivity contribution < 1.29 is 23.9 Å². The highest BCUT2D eigenvalue weighted by molar-refractivity contribution is 7.21. The monoisotopic (exact) mass is 413 g/mol. The predicted molar refractivity (Wildman–Crippen MR) is 112 cm³/mol. The van der Waals surface area contributed by atoms with Crippen molar-refractivity contribution in [3.63, 3.8) is 0 Å². The number of carbonyl (C=O) groups excluding carboxylic acids is 3. The Kier molecular flexibility index (Phi) is 6.17. The summed E-state index contributed by atoms with van der Waals surface area (Å²) >= 11 is 1.37. The van der Waals surface area contributed by atoms with Crippen LogP contribution in [0.3, 0.4) is 0 Å². The van der Waals surface area contributed by atoms with Crippen molar-refractivity contribution in [1.29, 1.82) is 0 Å². The number of carbonyl (C=O) groups is 3. The summed E-state index contributed by atoms with van der Waals surface area (Å²) in [6.45, 7) is 5.67. The van der Waals surface area contributed by atoms with E-state index in [2.05, 4.69) is 4.74 Å². The summed E-state index contributed by atoms with van der Waals surface area (Å²) in [6.07, 6.45) is 0.223. The van der Waals surface area contributed by atoms with Crippen molar-refractivity contribution in [3.8, 4) is 0 Å². The molecule has 0 saturated carbocycles. The Morgan fingerprint density at radius 1 is 1.10 bits per heavy atom. The number of methoxy groups -OCH3 is 1. The van der Waals surface area contributed by atoms with Crippen molar-refractivity contribution >= 4 is 39.1 Å². The van der Waals surface area contributed by atoms with E-state index in [0.29, 0.717) is 17.0 Å². The highest BCUT2D eigenvalue weighted by Crippen LogP contribution is 2.31. The van der Waals surface area contributed by atoms with Crippen LogP contribution in [-0.2, 0) is 20.8 Å². The summed E-state index contributed by atoms with van der Waals surface area (Å²) in [5.74, 6) is -1.07. The zero-order valence-electron chi connectivity index (χ0n) is 16.9. The SMILES string of the molecule is COC(=O)CCn1c(C)cc(C(=O)COC(=O)c2sc3ccccc3c2C)c1C. The van der Waals surface area contributed by atoms with Gasteiger partial charge in [0, 0.05) is 28.2 Å². The van der Waals surface area contributed by atoms with Gasteiger partial charge in [0.2, 0.25) is 5.78 Å². The van der Waals surface area contributed by atoms with Gasteiger partial charge in [0.15, 0.2) is 6.61 Å². The third kappa shape index (κ3) is 4.24. The second-order valence-corrected chi connectivity index (χ2v) is 7.87. The first kappa shape index (κ1) is 20.8. The van der Waals surface area contributed by atoms with Crippen molar-refractivity contribution in [1.82, 2.24) is 4.57 Å². The van der Waals surface area contributed by atoms with E-state index in [0.717, 1.165) is 27.0 Å². The molecule has 0 radical (unpaired) electrons. The highest BCUT2D eigenvalue weighted by atomic mass is 32.1. The van der Waals surface area contributed by atoms with E-state index < -0.39 is 5.97 Å². The summed E-state index contributed by atoms with van der Waals surface area (Å²) in [6, 6.07) is 9.53. The van der Waals surface area contributed by atoms with Gasteiger partial charge in [0.05, 0.1) is 13.5 Å². The average Bonchev–Trinajstić information content (AvgIpc) is 3.20. The number of ketones is 1. The molecule has 0 amide bonds. The van der Waals surface area contributed by atoms with Gasteiger partial charge in [-0.1, -0.05) is 18.2 Å². The Labute approximate surface area is 173 Å². The Morgan fingerprint density at radius 3 is 2.52 bits per heavy atom. The summed E-state index contributed by atoms with van der Waals surface area (Å²) in [5, 5.41) is 1.02. The summed E-state index contributed by atoms with van der Waals surface area (Å²) < 4.78 is 12.9. The molecule has 3 rings (SSSR count). The number of esters is 2. The first-order chi connectivity index (χ1) is 13.8. The molecule has 0 saturated heterocycles. The molecule has 0 unspecified atom stereocenters. The molecule has 0 fully saturated rings. The molecule has 0 spiro atoms. The number of aryl methyl sites for hydroxylation is 2. The smallest absolute Gasteiger partial charge is 0.349 e. The average molecular weight is 413 g/mol. The Hall–Kier alpha value is -2.93. The third-order valence-corrected chi connectivity index (χ3v) is 6.26. The number of ether oxygens (including phenoxy) is 2. The number of rotatable bonds is 7. The zero-order chi connectivity index (χ0) is 21.1. The maximum absolute atomic E-state index is 12.6.